The summed E-state index contributed by atoms with van der Waals surface area (Å²) in [5.41, 5.74) is 2.54. The second-order valence-electron chi connectivity index (χ2n) is 4.50. The van der Waals surface area contributed by atoms with Crippen LogP contribution < -0.4 is 10.1 Å². The molecule has 0 saturated heterocycles. The molecule has 0 radical (unpaired) electrons. The van der Waals surface area contributed by atoms with Crippen LogP contribution in [0.3, 0.4) is 0 Å². The molecule has 0 saturated carbocycles. The van der Waals surface area contributed by atoms with Crippen LogP contribution in [0.15, 0.2) is 53.0 Å². The fraction of sp³-hybridized carbons (Fsp3) is 0.250. The monoisotopic (exact) mass is 319 g/mol. The topological polar surface area (TPSA) is 21.3 Å². The highest BCUT2D eigenvalue weighted by atomic mass is 79.9. The lowest BCUT2D eigenvalue weighted by Crippen LogP contribution is -2.17. The summed E-state index contributed by atoms with van der Waals surface area (Å²) >= 11 is 3.45. The molecule has 0 unspecified atom stereocenters. The summed E-state index contributed by atoms with van der Waals surface area (Å²) in [6, 6.07) is 16.9. The second kappa shape index (κ2) is 6.73. The maximum atomic E-state index is 5.15. The SMILES string of the molecule is COc1ccc(CN[C@@H](C)c2ccc(Br)cc2)cc1. The van der Waals surface area contributed by atoms with Crippen molar-refractivity contribution >= 4 is 15.9 Å². The maximum Gasteiger partial charge on any atom is 0.118 e. The first-order valence-electron chi connectivity index (χ1n) is 6.31. The third-order valence-corrected chi connectivity index (χ3v) is 3.67. The summed E-state index contributed by atoms with van der Waals surface area (Å²) < 4.78 is 6.26. The zero-order chi connectivity index (χ0) is 13.7. The van der Waals surface area contributed by atoms with Gasteiger partial charge >= 0.3 is 0 Å². The number of hydrogen-bond donors (Lipinski definition) is 1. The Balaban J connectivity index is 1.92. The Labute approximate surface area is 122 Å². The number of rotatable bonds is 5. The highest BCUT2D eigenvalue weighted by Gasteiger charge is 2.04. The van der Waals surface area contributed by atoms with E-state index in [-0.39, 0.29) is 0 Å². The molecule has 0 aliphatic carbocycles. The standard InChI is InChI=1S/C16H18BrNO/c1-12(14-5-7-15(17)8-6-14)18-11-13-3-9-16(19-2)10-4-13/h3-10,12,18H,11H2,1-2H3/t12-/m0/s1. The fourth-order valence-electron chi connectivity index (χ4n) is 1.88. The molecule has 2 aromatic rings. The molecule has 100 valence electrons. The number of nitrogens with one attached hydrogen (secondary N) is 1. The van der Waals surface area contributed by atoms with Crippen LogP contribution in [0.1, 0.15) is 24.1 Å². The molecule has 0 spiro atoms. The van der Waals surface area contributed by atoms with Crippen LogP contribution in [0.4, 0.5) is 0 Å². The van der Waals surface area contributed by atoms with Crippen molar-refractivity contribution in [3.8, 4) is 5.75 Å². The number of ether oxygens (including phenoxy) is 1. The lowest BCUT2D eigenvalue weighted by Gasteiger charge is -2.14. The molecule has 2 rings (SSSR count). The van der Waals surface area contributed by atoms with Crippen LogP contribution in [0, 0.1) is 0 Å². The molecule has 2 aromatic carbocycles. The largest absolute Gasteiger partial charge is 0.497 e. The Morgan fingerprint density at radius 3 is 2.26 bits per heavy atom. The summed E-state index contributed by atoms with van der Waals surface area (Å²) in [7, 11) is 1.68. The Morgan fingerprint density at radius 2 is 1.68 bits per heavy atom. The van der Waals surface area contributed by atoms with E-state index in [2.05, 4.69) is 64.6 Å². The van der Waals surface area contributed by atoms with E-state index in [1.165, 1.54) is 11.1 Å². The normalized spacial score (nSPS) is 12.2. The van der Waals surface area contributed by atoms with Crippen LogP contribution >= 0.6 is 15.9 Å². The average molecular weight is 320 g/mol. The molecule has 19 heavy (non-hydrogen) atoms. The van der Waals surface area contributed by atoms with Crippen LogP contribution in [-0.2, 0) is 6.54 Å². The van der Waals surface area contributed by atoms with E-state index in [9.17, 15) is 0 Å². The van der Waals surface area contributed by atoms with Gasteiger partial charge in [-0.1, -0.05) is 40.2 Å². The van der Waals surface area contributed by atoms with Crippen molar-refractivity contribution in [2.75, 3.05) is 7.11 Å². The molecule has 0 aromatic heterocycles. The van der Waals surface area contributed by atoms with Gasteiger partial charge in [-0.3, -0.25) is 0 Å². The minimum absolute atomic E-state index is 0.329. The molecule has 3 heteroatoms. The third kappa shape index (κ3) is 4.08. The van der Waals surface area contributed by atoms with E-state index in [0.717, 1.165) is 16.8 Å². The van der Waals surface area contributed by atoms with Gasteiger partial charge in [0.2, 0.25) is 0 Å². The Kier molecular flexibility index (Phi) is 5.00. The van der Waals surface area contributed by atoms with E-state index >= 15 is 0 Å². The zero-order valence-electron chi connectivity index (χ0n) is 11.2. The van der Waals surface area contributed by atoms with Gasteiger partial charge < -0.3 is 10.1 Å². The van der Waals surface area contributed by atoms with Crippen molar-refractivity contribution in [2.45, 2.75) is 19.5 Å². The minimum atomic E-state index is 0.329. The van der Waals surface area contributed by atoms with Crippen molar-refractivity contribution in [3.63, 3.8) is 0 Å². The molecule has 0 aliphatic heterocycles. The van der Waals surface area contributed by atoms with Gasteiger partial charge in [0.15, 0.2) is 0 Å². The molecule has 0 heterocycles. The highest BCUT2D eigenvalue weighted by Crippen LogP contribution is 2.17. The molecule has 2 nitrogen and oxygen atoms in total. The zero-order valence-corrected chi connectivity index (χ0v) is 12.8. The summed E-state index contributed by atoms with van der Waals surface area (Å²) in [5, 5.41) is 3.52. The smallest absolute Gasteiger partial charge is 0.118 e. The van der Waals surface area contributed by atoms with Crippen molar-refractivity contribution in [1.29, 1.82) is 0 Å². The first kappa shape index (κ1) is 14.1. The van der Waals surface area contributed by atoms with Gasteiger partial charge in [-0.2, -0.15) is 0 Å². The van der Waals surface area contributed by atoms with Crippen LogP contribution in [0.5, 0.6) is 5.75 Å². The van der Waals surface area contributed by atoms with Crippen LogP contribution in [0.2, 0.25) is 0 Å². The highest BCUT2D eigenvalue weighted by molar-refractivity contribution is 9.10. The summed E-state index contributed by atoms with van der Waals surface area (Å²) in [6.07, 6.45) is 0. The van der Waals surface area contributed by atoms with Gasteiger partial charge in [0.25, 0.3) is 0 Å². The summed E-state index contributed by atoms with van der Waals surface area (Å²) in [5.74, 6) is 0.893. The molecule has 0 fully saturated rings. The number of methoxy groups -OCH3 is 1. The molecule has 0 amide bonds. The third-order valence-electron chi connectivity index (χ3n) is 3.14. The van der Waals surface area contributed by atoms with Crippen LogP contribution in [-0.4, -0.2) is 7.11 Å². The van der Waals surface area contributed by atoms with E-state index in [1.807, 2.05) is 12.1 Å². The van der Waals surface area contributed by atoms with Gasteiger partial charge in [-0.15, -0.1) is 0 Å². The first-order chi connectivity index (χ1) is 9.19. The lowest BCUT2D eigenvalue weighted by molar-refractivity contribution is 0.414. The predicted octanol–water partition coefficient (Wildman–Crippen LogP) is 4.31. The fourth-order valence-corrected chi connectivity index (χ4v) is 2.15. The molecule has 0 aliphatic rings. The van der Waals surface area contributed by atoms with Gasteiger partial charge in [0, 0.05) is 17.1 Å². The minimum Gasteiger partial charge on any atom is -0.497 e. The van der Waals surface area contributed by atoms with Gasteiger partial charge in [0.05, 0.1) is 7.11 Å². The van der Waals surface area contributed by atoms with Gasteiger partial charge in [0.1, 0.15) is 5.75 Å². The Hall–Kier alpha value is -1.32. The second-order valence-corrected chi connectivity index (χ2v) is 5.42. The molecule has 1 atom stereocenters. The molecular formula is C16H18BrNO. The molecule has 1 N–H and O–H groups in total. The molecular weight excluding hydrogens is 302 g/mol. The van der Waals surface area contributed by atoms with Crippen molar-refractivity contribution in [3.05, 3.63) is 64.1 Å². The van der Waals surface area contributed by atoms with Crippen LogP contribution in [0.25, 0.3) is 0 Å². The van der Waals surface area contributed by atoms with Gasteiger partial charge in [-0.05, 0) is 42.3 Å². The van der Waals surface area contributed by atoms with E-state index in [0.29, 0.717) is 6.04 Å². The van der Waals surface area contributed by atoms with Crippen molar-refractivity contribution in [2.24, 2.45) is 0 Å². The van der Waals surface area contributed by atoms with E-state index in [1.54, 1.807) is 7.11 Å². The number of hydrogen-bond acceptors (Lipinski definition) is 2. The maximum absolute atomic E-state index is 5.15. The van der Waals surface area contributed by atoms with Crippen molar-refractivity contribution < 1.29 is 4.74 Å². The number of halogens is 1. The number of benzene rings is 2. The predicted molar refractivity (Wildman–Crippen MR) is 82.4 cm³/mol. The Morgan fingerprint density at radius 1 is 1.05 bits per heavy atom. The van der Waals surface area contributed by atoms with E-state index in [4.69, 9.17) is 4.74 Å². The summed E-state index contributed by atoms with van der Waals surface area (Å²) in [4.78, 5) is 0. The summed E-state index contributed by atoms with van der Waals surface area (Å²) in [6.45, 7) is 3.02. The Bertz CT molecular complexity index is 507. The average Bonchev–Trinajstić information content (AvgIpc) is 2.46. The van der Waals surface area contributed by atoms with Gasteiger partial charge in [-0.25, -0.2) is 0 Å². The quantitative estimate of drug-likeness (QED) is 0.886. The van der Waals surface area contributed by atoms with Crippen molar-refractivity contribution in [1.82, 2.24) is 5.32 Å². The van der Waals surface area contributed by atoms with E-state index < -0.39 is 0 Å². The first-order valence-corrected chi connectivity index (χ1v) is 7.10. The molecule has 0 bridgehead atoms. The lowest BCUT2D eigenvalue weighted by atomic mass is 10.1.